The third kappa shape index (κ3) is 2.17. The molecular formula is C18H17N3O. The van der Waals surface area contributed by atoms with Crippen LogP contribution in [-0.2, 0) is 12.8 Å². The molecule has 3 heterocycles. The lowest BCUT2D eigenvalue weighted by Gasteiger charge is -2.19. The number of aromatic amines is 1. The molecule has 1 aromatic carbocycles. The molecule has 0 bridgehead atoms. The fourth-order valence-corrected chi connectivity index (χ4v) is 3.21. The van der Waals surface area contributed by atoms with Crippen molar-refractivity contribution in [1.29, 1.82) is 0 Å². The van der Waals surface area contributed by atoms with Gasteiger partial charge in [0.25, 0.3) is 5.91 Å². The lowest BCUT2D eigenvalue weighted by Crippen LogP contribution is -2.33. The largest absolute Gasteiger partial charge is 0.358 e. The van der Waals surface area contributed by atoms with Gasteiger partial charge in [0, 0.05) is 42.3 Å². The van der Waals surface area contributed by atoms with Gasteiger partial charge in [-0.05, 0) is 30.2 Å². The summed E-state index contributed by atoms with van der Waals surface area (Å²) in [6.45, 7) is 1.47. The van der Waals surface area contributed by atoms with Gasteiger partial charge in [-0.3, -0.25) is 9.78 Å². The number of benzene rings is 1. The summed E-state index contributed by atoms with van der Waals surface area (Å²) in [5.74, 6) is 0.0232. The fraction of sp³-hybridized carbons (Fsp3) is 0.222. The summed E-state index contributed by atoms with van der Waals surface area (Å²) in [4.78, 5) is 22.1. The number of amides is 1. The molecule has 1 amide bonds. The molecule has 2 aromatic heterocycles. The highest BCUT2D eigenvalue weighted by molar-refractivity contribution is 5.92. The Bertz CT molecular complexity index is 823. The monoisotopic (exact) mass is 291 g/mol. The van der Waals surface area contributed by atoms with Crippen LogP contribution < -0.4 is 0 Å². The van der Waals surface area contributed by atoms with E-state index in [1.165, 1.54) is 22.2 Å². The van der Waals surface area contributed by atoms with Crippen molar-refractivity contribution in [3.05, 3.63) is 65.6 Å². The third-order valence-electron chi connectivity index (χ3n) is 4.34. The van der Waals surface area contributed by atoms with Crippen LogP contribution in [0.25, 0.3) is 10.9 Å². The Labute approximate surface area is 128 Å². The first-order valence-corrected chi connectivity index (χ1v) is 7.62. The number of carbonyl (C=O) groups excluding carboxylic acids is 1. The molecule has 1 N–H and O–H groups in total. The van der Waals surface area contributed by atoms with Crippen molar-refractivity contribution in [3.63, 3.8) is 0 Å². The van der Waals surface area contributed by atoms with Crippen LogP contribution in [0.5, 0.6) is 0 Å². The number of H-pyrrole nitrogens is 1. The first-order valence-electron chi connectivity index (χ1n) is 7.62. The molecule has 4 rings (SSSR count). The van der Waals surface area contributed by atoms with Gasteiger partial charge in [0.2, 0.25) is 0 Å². The van der Waals surface area contributed by atoms with Crippen LogP contribution in [0.3, 0.4) is 0 Å². The van der Waals surface area contributed by atoms with Gasteiger partial charge >= 0.3 is 0 Å². The highest BCUT2D eigenvalue weighted by Crippen LogP contribution is 2.25. The molecular weight excluding hydrogens is 274 g/mol. The van der Waals surface area contributed by atoms with Gasteiger partial charge < -0.3 is 9.88 Å². The number of hydrogen-bond donors (Lipinski definition) is 1. The predicted octanol–water partition coefficient (Wildman–Crippen LogP) is 2.80. The molecule has 0 aliphatic carbocycles. The Morgan fingerprint density at radius 3 is 2.73 bits per heavy atom. The number of aromatic nitrogens is 2. The quantitative estimate of drug-likeness (QED) is 0.749. The van der Waals surface area contributed by atoms with Crippen molar-refractivity contribution >= 4 is 16.8 Å². The van der Waals surface area contributed by atoms with E-state index in [0.717, 1.165) is 25.9 Å². The summed E-state index contributed by atoms with van der Waals surface area (Å²) >= 11 is 0. The predicted molar refractivity (Wildman–Crippen MR) is 85.8 cm³/mol. The zero-order valence-electron chi connectivity index (χ0n) is 12.2. The van der Waals surface area contributed by atoms with E-state index >= 15 is 0 Å². The van der Waals surface area contributed by atoms with Gasteiger partial charge in [-0.1, -0.05) is 24.3 Å². The normalized spacial score (nSPS) is 14.6. The first-order chi connectivity index (χ1) is 10.8. The van der Waals surface area contributed by atoms with Crippen molar-refractivity contribution in [2.75, 3.05) is 13.1 Å². The molecule has 4 nitrogen and oxygen atoms in total. The number of nitrogens with zero attached hydrogens (tertiary/aromatic N) is 2. The molecule has 0 saturated heterocycles. The lowest BCUT2D eigenvalue weighted by molar-refractivity contribution is 0.0757. The van der Waals surface area contributed by atoms with Gasteiger partial charge in [-0.15, -0.1) is 0 Å². The van der Waals surface area contributed by atoms with Gasteiger partial charge in [0.15, 0.2) is 0 Å². The minimum Gasteiger partial charge on any atom is -0.358 e. The summed E-state index contributed by atoms with van der Waals surface area (Å²) in [7, 11) is 0. The fourth-order valence-electron chi connectivity index (χ4n) is 3.21. The minimum atomic E-state index is 0.0232. The summed E-state index contributed by atoms with van der Waals surface area (Å²) in [6.07, 6.45) is 3.42. The Morgan fingerprint density at radius 1 is 1.05 bits per heavy atom. The summed E-state index contributed by atoms with van der Waals surface area (Å²) < 4.78 is 0. The molecule has 3 aromatic rings. The van der Waals surface area contributed by atoms with E-state index in [2.05, 4.69) is 34.2 Å². The molecule has 0 unspecified atom stereocenters. The molecule has 0 saturated carbocycles. The molecule has 110 valence electrons. The van der Waals surface area contributed by atoms with E-state index in [1.54, 1.807) is 12.3 Å². The van der Waals surface area contributed by atoms with E-state index in [0.29, 0.717) is 5.69 Å². The molecule has 0 fully saturated rings. The van der Waals surface area contributed by atoms with Crippen molar-refractivity contribution in [1.82, 2.24) is 14.9 Å². The Balaban J connectivity index is 1.60. The summed E-state index contributed by atoms with van der Waals surface area (Å²) in [5, 5.41) is 1.28. The van der Waals surface area contributed by atoms with Crippen LogP contribution in [0.4, 0.5) is 0 Å². The SMILES string of the molecule is O=C(c1ccccn1)N1CCc2[nH]c3ccccc3c2CC1. The highest BCUT2D eigenvalue weighted by atomic mass is 16.2. The maximum absolute atomic E-state index is 12.5. The van der Waals surface area contributed by atoms with Gasteiger partial charge in [-0.2, -0.15) is 0 Å². The van der Waals surface area contributed by atoms with Crippen molar-refractivity contribution in [3.8, 4) is 0 Å². The highest BCUT2D eigenvalue weighted by Gasteiger charge is 2.22. The molecule has 0 spiro atoms. The van der Waals surface area contributed by atoms with Crippen LogP contribution in [-0.4, -0.2) is 33.9 Å². The number of nitrogens with one attached hydrogen (secondary N) is 1. The first kappa shape index (κ1) is 13.1. The number of fused-ring (bicyclic) bond motifs is 3. The average molecular weight is 291 g/mol. The van der Waals surface area contributed by atoms with Gasteiger partial charge in [0.1, 0.15) is 5.69 Å². The third-order valence-corrected chi connectivity index (χ3v) is 4.34. The molecule has 0 atom stereocenters. The standard InChI is InChI=1S/C18H17N3O/c22-18(17-7-3-4-10-19-17)21-11-8-14-13-5-1-2-6-15(13)20-16(14)9-12-21/h1-7,10,20H,8-9,11-12H2. The van der Waals surface area contributed by atoms with Crippen LogP contribution in [0.1, 0.15) is 21.7 Å². The van der Waals surface area contributed by atoms with Crippen LogP contribution in [0.2, 0.25) is 0 Å². The zero-order valence-corrected chi connectivity index (χ0v) is 12.2. The number of carbonyl (C=O) groups is 1. The molecule has 0 radical (unpaired) electrons. The maximum Gasteiger partial charge on any atom is 0.272 e. The summed E-state index contributed by atoms with van der Waals surface area (Å²) in [5.41, 5.74) is 4.33. The Hall–Kier alpha value is -2.62. The number of hydrogen-bond acceptors (Lipinski definition) is 2. The number of para-hydroxylation sites is 1. The van der Waals surface area contributed by atoms with Crippen LogP contribution >= 0.6 is 0 Å². The zero-order chi connectivity index (χ0) is 14.9. The van der Waals surface area contributed by atoms with Crippen molar-refractivity contribution in [2.45, 2.75) is 12.8 Å². The smallest absolute Gasteiger partial charge is 0.272 e. The van der Waals surface area contributed by atoms with Crippen molar-refractivity contribution < 1.29 is 4.79 Å². The minimum absolute atomic E-state index is 0.0232. The van der Waals surface area contributed by atoms with Gasteiger partial charge in [-0.25, -0.2) is 0 Å². The van der Waals surface area contributed by atoms with E-state index < -0.39 is 0 Å². The van der Waals surface area contributed by atoms with E-state index in [1.807, 2.05) is 17.0 Å². The van der Waals surface area contributed by atoms with Crippen LogP contribution in [0, 0.1) is 0 Å². The number of pyridine rings is 1. The second-order valence-corrected chi connectivity index (χ2v) is 5.63. The Morgan fingerprint density at radius 2 is 1.86 bits per heavy atom. The topological polar surface area (TPSA) is 49.0 Å². The van der Waals surface area contributed by atoms with E-state index in [4.69, 9.17) is 0 Å². The lowest BCUT2D eigenvalue weighted by atomic mass is 10.1. The average Bonchev–Trinajstić information content (AvgIpc) is 2.80. The number of rotatable bonds is 1. The van der Waals surface area contributed by atoms with E-state index in [-0.39, 0.29) is 5.91 Å². The second kappa shape index (κ2) is 5.30. The van der Waals surface area contributed by atoms with Crippen LogP contribution in [0.15, 0.2) is 48.7 Å². The molecule has 22 heavy (non-hydrogen) atoms. The summed E-state index contributed by atoms with van der Waals surface area (Å²) in [6, 6.07) is 13.8. The molecule has 1 aliphatic heterocycles. The van der Waals surface area contributed by atoms with Gasteiger partial charge in [0.05, 0.1) is 0 Å². The second-order valence-electron chi connectivity index (χ2n) is 5.63. The molecule has 1 aliphatic rings. The van der Waals surface area contributed by atoms with E-state index in [9.17, 15) is 4.79 Å². The molecule has 4 heteroatoms. The Kier molecular flexibility index (Phi) is 3.15. The van der Waals surface area contributed by atoms with Crippen molar-refractivity contribution in [2.24, 2.45) is 0 Å². The maximum atomic E-state index is 12.5.